The Hall–Kier alpha value is -3.19. The van der Waals surface area contributed by atoms with Crippen LogP contribution >= 0.6 is 11.3 Å². The highest BCUT2D eigenvalue weighted by atomic mass is 32.1. The van der Waals surface area contributed by atoms with Crippen molar-refractivity contribution in [1.29, 1.82) is 0 Å². The lowest BCUT2D eigenvalue weighted by Crippen LogP contribution is -2.28. The number of rotatable bonds is 7. The summed E-state index contributed by atoms with van der Waals surface area (Å²) in [5.74, 6) is -0.399. The molecule has 0 atom stereocenters. The Morgan fingerprint density at radius 1 is 1.00 bits per heavy atom. The van der Waals surface area contributed by atoms with Crippen LogP contribution in [0.1, 0.15) is 20.0 Å². The molecular weight excluding hydrogens is 367 g/mol. The molecule has 0 aliphatic carbocycles. The van der Waals surface area contributed by atoms with E-state index in [-0.39, 0.29) is 30.8 Å². The first-order valence-corrected chi connectivity index (χ1v) is 9.11. The Kier molecular flexibility index (Phi) is 6.17. The van der Waals surface area contributed by atoms with Gasteiger partial charge in [0.1, 0.15) is 18.2 Å². The Balaban J connectivity index is 1.45. The van der Waals surface area contributed by atoms with Gasteiger partial charge in [-0.15, -0.1) is 11.3 Å². The molecule has 3 rings (SSSR count). The van der Waals surface area contributed by atoms with Gasteiger partial charge < -0.3 is 15.4 Å². The fourth-order valence-electron chi connectivity index (χ4n) is 2.30. The molecule has 1 aromatic heterocycles. The first-order valence-electron chi connectivity index (χ1n) is 8.23. The monoisotopic (exact) mass is 384 g/mol. The quantitative estimate of drug-likeness (QED) is 0.606. The number of amides is 2. The van der Waals surface area contributed by atoms with Gasteiger partial charge in [-0.2, -0.15) is 0 Å². The number of carbonyl (C=O) groups excluding carboxylic acids is 2. The van der Waals surface area contributed by atoms with Crippen molar-refractivity contribution in [3.8, 4) is 5.75 Å². The highest BCUT2D eigenvalue weighted by Gasteiger charge is 2.08. The van der Waals surface area contributed by atoms with Crippen LogP contribution in [0.25, 0.3) is 0 Å². The molecule has 0 radical (unpaired) electrons. The number of thiophene rings is 1. The van der Waals surface area contributed by atoms with Gasteiger partial charge >= 0.3 is 0 Å². The van der Waals surface area contributed by atoms with E-state index in [1.54, 1.807) is 42.5 Å². The minimum Gasteiger partial charge on any atom is -0.492 e. The van der Waals surface area contributed by atoms with Crippen molar-refractivity contribution in [1.82, 2.24) is 5.32 Å². The number of benzene rings is 2. The molecule has 0 saturated carbocycles. The van der Waals surface area contributed by atoms with E-state index in [1.807, 2.05) is 11.4 Å². The maximum Gasteiger partial charge on any atom is 0.265 e. The van der Waals surface area contributed by atoms with Crippen LogP contribution in [0.3, 0.4) is 0 Å². The number of ether oxygens (including phenoxy) is 1. The standard InChI is InChI=1S/C20H17FN2O3S/c21-15-3-1-4-17(13-15)26-11-10-22-19(24)14-6-8-16(9-7-14)23-20(25)18-5-2-12-27-18/h1-9,12-13H,10-11H2,(H,22,24)(H,23,25). The second-order valence-electron chi connectivity index (χ2n) is 5.57. The van der Waals surface area contributed by atoms with E-state index in [9.17, 15) is 14.0 Å². The molecule has 2 amide bonds. The van der Waals surface area contributed by atoms with Crippen LogP contribution in [0.2, 0.25) is 0 Å². The van der Waals surface area contributed by atoms with E-state index in [0.717, 1.165) is 0 Å². The van der Waals surface area contributed by atoms with E-state index in [1.165, 1.54) is 23.5 Å². The summed E-state index contributed by atoms with van der Waals surface area (Å²) in [5.41, 5.74) is 1.08. The Morgan fingerprint density at radius 2 is 1.81 bits per heavy atom. The second kappa shape index (κ2) is 8.95. The molecule has 0 bridgehead atoms. The summed E-state index contributed by atoms with van der Waals surface area (Å²) < 4.78 is 18.4. The Labute approximate surface area is 159 Å². The van der Waals surface area contributed by atoms with Gasteiger partial charge in [-0.25, -0.2) is 4.39 Å². The largest absolute Gasteiger partial charge is 0.492 e. The average molecular weight is 384 g/mol. The lowest BCUT2D eigenvalue weighted by molar-refractivity contribution is 0.0946. The van der Waals surface area contributed by atoms with Gasteiger partial charge in [-0.05, 0) is 47.8 Å². The molecule has 27 heavy (non-hydrogen) atoms. The summed E-state index contributed by atoms with van der Waals surface area (Å²) in [6.45, 7) is 0.510. The number of carbonyl (C=O) groups is 2. The first kappa shape index (κ1) is 18.6. The molecule has 0 fully saturated rings. The molecule has 2 aromatic carbocycles. The molecule has 0 saturated heterocycles. The topological polar surface area (TPSA) is 67.4 Å². The maximum absolute atomic E-state index is 13.0. The van der Waals surface area contributed by atoms with Crippen LogP contribution in [0.15, 0.2) is 66.0 Å². The summed E-state index contributed by atoms with van der Waals surface area (Å²) >= 11 is 1.36. The van der Waals surface area contributed by atoms with Gasteiger partial charge in [0.15, 0.2) is 0 Å². The third-order valence-electron chi connectivity index (χ3n) is 3.60. The van der Waals surface area contributed by atoms with E-state index in [2.05, 4.69) is 10.6 Å². The summed E-state index contributed by atoms with van der Waals surface area (Å²) in [7, 11) is 0. The van der Waals surface area contributed by atoms with E-state index in [0.29, 0.717) is 21.9 Å². The van der Waals surface area contributed by atoms with E-state index >= 15 is 0 Å². The predicted molar refractivity (Wildman–Crippen MR) is 103 cm³/mol. The second-order valence-corrected chi connectivity index (χ2v) is 6.52. The molecule has 7 heteroatoms. The third-order valence-corrected chi connectivity index (χ3v) is 4.47. The Bertz CT molecular complexity index is 911. The fourth-order valence-corrected chi connectivity index (χ4v) is 2.92. The van der Waals surface area contributed by atoms with Crippen molar-refractivity contribution in [2.24, 2.45) is 0 Å². The zero-order chi connectivity index (χ0) is 19.1. The first-order chi connectivity index (χ1) is 13.1. The van der Waals surface area contributed by atoms with Gasteiger partial charge in [-0.3, -0.25) is 9.59 Å². The zero-order valence-corrected chi connectivity index (χ0v) is 15.1. The van der Waals surface area contributed by atoms with Crippen LogP contribution < -0.4 is 15.4 Å². The summed E-state index contributed by atoms with van der Waals surface area (Å²) in [6.07, 6.45) is 0. The smallest absolute Gasteiger partial charge is 0.265 e. The van der Waals surface area contributed by atoms with Gasteiger partial charge in [0, 0.05) is 17.3 Å². The van der Waals surface area contributed by atoms with Crippen LogP contribution in [0.5, 0.6) is 5.75 Å². The molecule has 1 heterocycles. The number of anilines is 1. The number of nitrogens with one attached hydrogen (secondary N) is 2. The number of hydrogen-bond acceptors (Lipinski definition) is 4. The number of hydrogen-bond donors (Lipinski definition) is 2. The Morgan fingerprint density at radius 3 is 2.52 bits per heavy atom. The van der Waals surface area contributed by atoms with Crippen LogP contribution in [-0.4, -0.2) is 25.0 Å². The molecule has 0 unspecified atom stereocenters. The molecule has 0 aliphatic rings. The average Bonchev–Trinajstić information content (AvgIpc) is 3.21. The van der Waals surface area contributed by atoms with Gasteiger partial charge in [0.25, 0.3) is 11.8 Å². The lowest BCUT2D eigenvalue weighted by atomic mass is 10.2. The molecule has 0 aliphatic heterocycles. The zero-order valence-electron chi connectivity index (χ0n) is 14.3. The SMILES string of the molecule is O=C(NCCOc1cccc(F)c1)c1ccc(NC(=O)c2cccs2)cc1. The predicted octanol–water partition coefficient (Wildman–Crippen LogP) is 3.95. The van der Waals surface area contributed by atoms with Gasteiger partial charge in [-0.1, -0.05) is 12.1 Å². The maximum atomic E-state index is 13.0. The normalized spacial score (nSPS) is 10.3. The number of halogens is 1. The van der Waals surface area contributed by atoms with Gasteiger partial charge in [0.2, 0.25) is 0 Å². The summed E-state index contributed by atoms with van der Waals surface area (Å²) in [6, 6.07) is 16.0. The molecular formula is C20H17FN2O3S. The highest BCUT2D eigenvalue weighted by molar-refractivity contribution is 7.12. The van der Waals surface area contributed by atoms with Crippen LogP contribution in [0.4, 0.5) is 10.1 Å². The highest BCUT2D eigenvalue weighted by Crippen LogP contribution is 2.14. The molecule has 3 aromatic rings. The van der Waals surface area contributed by atoms with Crippen LogP contribution in [-0.2, 0) is 0 Å². The molecule has 0 spiro atoms. The molecule has 5 nitrogen and oxygen atoms in total. The van der Waals surface area contributed by atoms with Crippen molar-refractivity contribution in [2.45, 2.75) is 0 Å². The minimum absolute atomic E-state index is 0.184. The van der Waals surface area contributed by atoms with Gasteiger partial charge in [0.05, 0.1) is 11.4 Å². The minimum atomic E-state index is -0.372. The summed E-state index contributed by atoms with van der Waals surface area (Å²) in [4.78, 5) is 24.7. The summed E-state index contributed by atoms with van der Waals surface area (Å²) in [5, 5.41) is 7.33. The van der Waals surface area contributed by atoms with Crippen molar-refractivity contribution in [3.63, 3.8) is 0 Å². The van der Waals surface area contributed by atoms with Crippen molar-refractivity contribution < 1.29 is 18.7 Å². The van der Waals surface area contributed by atoms with Crippen molar-refractivity contribution in [2.75, 3.05) is 18.5 Å². The van der Waals surface area contributed by atoms with Crippen molar-refractivity contribution >= 4 is 28.8 Å². The van der Waals surface area contributed by atoms with E-state index < -0.39 is 0 Å². The molecule has 138 valence electrons. The molecule has 2 N–H and O–H groups in total. The van der Waals surface area contributed by atoms with Crippen LogP contribution in [0, 0.1) is 5.82 Å². The lowest BCUT2D eigenvalue weighted by Gasteiger charge is -2.09. The van der Waals surface area contributed by atoms with E-state index in [4.69, 9.17) is 4.74 Å². The van der Waals surface area contributed by atoms with Crippen molar-refractivity contribution in [3.05, 3.63) is 82.3 Å². The third kappa shape index (κ3) is 5.39. The fraction of sp³-hybridized carbons (Fsp3) is 0.100.